The number of aliphatic hydroxyl groups is 1. The van der Waals surface area contributed by atoms with Crippen LogP contribution in [0.5, 0.6) is 0 Å². The molecule has 1 N–H and O–H groups in total. The van der Waals surface area contributed by atoms with Crippen LogP contribution in [0, 0.1) is 17.3 Å². The zero-order valence-electron chi connectivity index (χ0n) is 9.95. The summed E-state index contributed by atoms with van der Waals surface area (Å²) in [6.07, 6.45) is 5.20. The van der Waals surface area contributed by atoms with E-state index in [1.165, 1.54) is 19.3 Å². The fourth-order valence-electron chi connectivity index (χ4n) is 3.43. The topological polar surface area (TPSA) is 23.5 Å². The van der Waals surface area contributed by atoms with Crippen LogP contribution in [0.1, 0.15) is 39.5 Å². The summed E-state index contributed by atoms with van der Waals surface area (Å²) in [5, 5.41) is 9.30. The molecule has 0 aromatic carbocycles. The SMILES string of the molecule is [B]N1C[C@](C(C)C)(C2CCC2)C[C@H]1CO. The van der Waals surface area contributed by atoms with E-state index in [1.807, 2.05) is 4.81 Å². The standard InChI is InChI=1S/C12H22BNO/c1-9(2)12(10-4-3-5-10)6-11(7-15)14(13)8-12/h9-11,15H,3-8H2,1-2H3/t11-,12+/m0/s1. The number of aliphatic hydroxyl groups excluding tert-OH is 1. The van der Waals surface area contributed by atoms with E-state index >= 15 is 0 Å². The van der Waals surface area contributed by atoms with Gasteiger partial charge in [0, 0.05) is 6.04 Å². The van der Waals surface area contributed by atoms with E-state index in [0.29, 0.717) is 11.3 Å². The minimum absolute atomic E-state index is 0.188. The molecule has 2 rings (SSSR count). The smallest absolute Gasteiger partial charge is 0.183 e. The molecular formula is C12H22BNO. The predicted octanol–water partition coefficient (Wildman–Crippen LogP) is 1.58. The van der Waals surface area contributed by atoms with Crippen molar-refractivity contribution in [2.45, 2.75) is 45.6 Å². The lowest BCUT2D eigenvalue weighted by molar-refractivity contribution is 0.0459. The van der Waals surface area contributed by atoms with Crippen molar-refractivity contribution in [3.05, 3.63) is 0 Å². The molecule has 2 atom stereocenters. The Labute approximate surface area is 94.5 Å². The van der Waals surface area contributed by atoms with Gasteiger partial charge in [-0.25, -0.2) is 0 Å². The van der Waals surface area contributed by atoms with Gasteiger partial charge in [-0.15, -0.1) is 0 Å². The van der Waals surface area contributed by atoms with Gasteiger partial charge in [0.2, 0.25) is 0 Å². The molecule has 1 aliphatic carbocycles. The van der Waals surface area contributed by atoms with Crippen LogP contribution >= 0.6 is 0 Å². The Hall–Kier alpha value is -0.0151. The fourth-order valence-corrected chi connectivity index (χ4v) is 3.43. The van der Waals surface area contributed by atoms with Crippen LogP contribution in [0.25, 0.3) is 0 Å². The summed E-state index contributed by atoms with van der Waals surface area (Å²) in [5.74, 6) is 1.52. The molecule has 1 saturated heterocycles. The second kappa shape index (κ2) is 4.10. The summed E-state index contributed by atoms with van der Waals surface area (Å²) >= 11 is 0. The third kappa shape index (κ3) is 1.74. The molecule has 0 aromatic rings. The summed E-state index contributed by atoms with van der Waals surface area (Å²) in [6.45, 7) is 5.80. The maximum absolute atomic E-state index is 9.30. The molecule has 3 heteroatoms. The van der Waals surface area contributed by atoms with Gasteiger partial charge in [0.25, 0.3) is 0 Å². The molecule has 1 aliphatic heterocycles. The number of hydrogen-bond donors (Lipinski definition) is 1. The highest BCUT2D eigenvalue weighted by Gasteiger charge is 2.50. The summed E-state index contributed by atoms with van der Waals surface area (Å²) in [6, 6.07) is 0.188. The highest BCUT2D eigenvalue weighted by Crippen LogP contribution is 2.53. The Morgan fingerprint density at radius 3 is 2.47 bits per heavy atom. The van der Waals surface area contributed by atoms with Crippen molar-refractivity contribution in [1.29, 1.82) is 0 Å². The lowest BCUT2D eigenvalue weighted by atomic mass is 9.59. The maximum Gasteiger partial charge on any atom is 0.183 e. The van der Waals surface area contributed by atoms with Gasteiger partial charge in [-0.1, -0.05) is 20.3 Å². The second-order valence-corrected chi connectivity index (χ2v) is 5.73. The van der Waals surface area contributed by atoms with Crippen molar-refractivity contribution in [2.24, 2.45) is 17.3 Å². The van der Waals surface area contributed by atoms with Gasteiger partial charge in [-0.2, -0.15) is 0 Å². The lowest BCUT2D eigenvalue weighted by Gasteiger charge is -2.46. The Morgan fingerprint density at radius 1 is 1.47 bits per heavy atom. The molecule has 2 aliphatic rings. The van der Waals surface area contributed by atoms with Gasteiger partial charge in [-0.05, 0) is 43.1 Å². The molecule has 0 aromatic heterocycles. The van der Waals surface area contributed by atoms with Crippen LogP contribution in [0.2, 0.25) is 0 Å². The van der Waals surface area contributed by atoms with Crippen molar-refractivity contribution in [3.8, 4) is 0 Å². The largest absolute Gasteiger partial charge is 0.395 e. The molecule has 0 unspecified atom stereocenters. The quantitative estimate of drug-likeness (QED) is 0.710. The third-order valence-corrected chi connectivity index (χ3v) is 4.84. The predicted molar refractivity (Wildman–Crippen MR) is 62.6 cm³/mol. The Bertz CT molecular complexity index is 230. The lowest BCUT2D eigenvalue weighted by Crippen LogP contribution is -2.41. The highest BCUT2D eigenvalue weighted by molar-refractivity contribution is 6.04. The molecule has 0 bridgehead atoms. The second-order valence-electron chi connectivity index (χ2n) is 5.73. The van der Waals surface area contributed by atoms with Gasteiger partial charge in [0.15, 0.2) is 7.98 Å². The molecule has 0 spiro atoms. The molecule has 15 heavy (non-hydrogen) atoms. The molecule has 2 radical (unpaired) electrons. The van der Waals surface area contributed by atoms with E-state index in [2.05, 4.69) is 13.8 Å². The van der Waals surface area contributed by atoms with Gasteiger partial charge in [-0.3, -0.25) is 0 Å². The molecule has 2 nitrogen and oxygen atoms in total. The Balaban J connectivity index is 2.14. The van der Waals surface area contributed by atoms with Gasteiger partial charge in [0.05, 0.1) is 6.61 Å². The van der Waals surface area contributed by atoms with Crippen molar-refractivity contribution >= 4 is 7.98 Å². The van der Waals surface area contributed by atoms with Crippen LogP contribution < -0.4 is 0 Å². The Morgan fingerprint density at radius 2 is 2.13 bits per heavy atom. The zero-order valence-corrected chi connectivity index (χ0v) is 9.95. The molecular weight excluding hydrogens is 185 g/mol. The number of nitrogens with zero attached hydrogens (tertiary/aromatic N) is 1. The molecule has 0 amide bonds. The average Bonchev–Trinajstić information content (AvgIpc) is 2.41. The normalized spacial score (nSPS) is 38.5. The number of hydrogen-bond acceptors (Lipinski definition) is 2. The molecule has 2 fully saturated rings. The van der Waals surface area contributed by atoms with Crippen molar-refractivity contribution in [2.75, 3.05) is 13.2 Å². The van der Waals surface area contributed by atoms with Gasteiger partial charge < -0.3 is 9.92 Å². The van der Waals surface area contributed by atoms with E-state index in [4.69, 9.17) is 7.98 Å². The zero-order chi connectivity index (χ0) is 11.1. The van der Waals surface area contributed by atoms with Crippen LogP contribution in [0.3, 0.4) is 0 Å². The van der Waals surface area contributed by atoms with E-state index < -0.39 is 0 Å². The van der Waals surface area contributed by atoms with Crippen LogP contribution in [0.15, 0.2) is 0 Å². The fraction of sp³-hybridized carbons (Fsp3) is 1.00. The summed E-state index contributed by atoms with van der Waals surface area (Å²) in [4.78, 5) is 1.87. The highest BCUT2D eigenvalue weighted by atomic mass is 16.3. The summed E-state index contributed by atoms with van der Waals surface area (Å²) in [5.41, 5.74) is 0.375. The van der Waals surface area contributed by atoms with E-state index in [9.17, 15) is 5.11 Å². The van der Waals surface area contributed by atoms with Crippen LogP contribution in [0.4, 0.5) is 0 Å². The van der Waals surface area contributed by atoms with Crippen molar-refractivity contribution in [3.63, 3.8) is 0 Å². The molecule has 1 heterocycles. The van der Waals surface area contributed by atoms with Gasteiger partial charge in [0.1, 0.15) is 0 Å². The minimum Gasteiger partial charge on any atom is -0.395 e. The summed E-state index contributed by atoms with van der Waals surface area (Å²) in [7, 11) is 5.99. The van der Waals surface area contributed by atoms with Crippen molar-refractivity contribution in [1.82, 2.24) is 4.81 Å². The van der Waals surface area contributed by atoms with Crippen molar-refractivity contribution < 1.29 is 5.11 Å². The van der Waals surface area contributed by atoms with Crippen LogP contribution in [-0.4, -0.2) is 37.1 Å². The first-order valence-corrected chi connectivity index (χ1v) is 6.22. The Kier molecular flexibility index (Phi) is 3.13. The monoisotopic (exact) mass is 207 g/mol. The first-order valence-electron chi connectivity index (χ1n) is 6.22. The average molecular weight is 207 g/mol. The van der Waals surface area contributed by atoms with E-state index in [-0.39, 0.29) is 12.6 Å². The van der Waals surface area contributed by atoms with Gasteiger partial charge >= 0.3 is 0 Å². The molecule has 1 saturated carbocycles. The molecule has 84 valence electrons. The first-order chi connectivity index (χ1) is 7.10. The minimum atomic E-state index is 0.188. The first kappa shape index (κ1) is 11.5. The maximum atomic E-state index is 9.30. The third-order valence-electron chi connectivity index (χ3n) is 4.84. The van der Waals surface area contributed by atoms with E-state index in [1.54, 1.807) is 0 Å². The van der Waals surface area contributed by atoms with Crippen LogP contribution in [-0.2, 0) is 0 Å². The summed E-state index contributed by atoms with van der Waals surface area (Å²) < 4.78 is 0. The number of rotatable bonds is 3. The van der Waals surface area contributed by atoms with E-state index in [0.717, 1.165) is 18.9 Å².